The van der Waals surface area contributed by atoms with Crippen LogP contribution in [0.4, 0.5) is 4.39 Å². The zero-order valence-electron chi connectivity index (χ0n) is 10.5. The largest absolute Gasteiger partial charge is 0.329 e. The summed E-state index contributed by atoms with van der Waals surface area (Å²) in [6.45, 7) is 1.25. The minimum Gasteiger partial charge on any atom is -0.329 e. The van der Waals surface area contributed by atoms with Crippen molar-refractivity contribution < 1.29 is 4.39 Å². The lowest BCUT2D eigenvalue weighted by atomic mass is 10.1. The van der Waals surface area contributed by atoms with Gasteiger partial charge in [-0.1, -0.05) is 24.4 Å². The molecule has 0 heterocycles. The fourth-order valence-corrected chi connectivity index (χ4v) is 2.36. The van der Waals surface area contributed by atoms with Gasteiger partial charge in [-0.15, -0.1) is 0 Å². The average molecular weight is 271 g/mol. The van der Waals surface area contributed by atoms with Gasteiger partial charge in [0.05, 0.1) is 0 Å². The molecule has 1 aromatic carbocycles. The Morgan fingerprint density at radius 1 is 1.44 bits per heavy atom. The molecule has 0 spiro atoms. The number of nitrogens with two attached hydrogens (primary N) is 1. The summed E-state index contributed by atoms with van der Waals surface area (Å²) in [6, 6.07) is 4.46. The van der Waals surface area contributed by atoms with Gasteiger partial charge in [-0.25, -0.2) is 4.39 Å². The third-order valence-corrected chi connectivity index (χ3v) is 3.68. The summed E-state index contributed by atoms with van der Waals surface area (Å²) in [5.74, 6) is 0.690. The molecule has 1 aliphatic carbocycles. The zero-order valence-corrected chi connectivity index (χ0v) is 11.2. The lowest BCUT2D eigenvalue weighted by Crippen LogP contribution is -2.29. The summed E-state index contributed by atoms with van der Waals surface area (Å²) in [4.78, 5) is 0. The van der Waals surface area contributed by atoms with Crippen molar-refractivity contribution in [1.29, 1.82) is 0 Å². The Labute approximate surface area is 113 Å². The van der Waals surface area contributed by atoms with Crippen LogP contribution in [0, 0.1) is 11.7 Å². The number of rotatable bonds is 7. The summed E-state index contributed by atoms with van der Waals surface area (Å²) in [6.07, 6.45) is 5.15. The minimum atomic E-state index is -0.246. The quantitative estimate of drug-likeness (QED) is 0.747. The van der Waals surface area contributed by atoms with Crippen LogP contribution < -0.4 is 11.1 Å². The molecule has 1 saturated carbocycles. The van der Waals surface area contributed by atoms with Crippen LogP contribution in [0.5, 0.6) is 0 Å². The van der Waals surface area contributed by atoms with Crippen LogP contribution in [0.2, 0.25) is 5.02 Å². The predicted molar refractivity (Wildman–Crippen MR) is 73.2 cm³/mol. The molecule has 18 heavy (non-hydrogen) atoms. The normalized spacial score (nSPS) is 16.8. The second-order valence-corrected chi connectivity index (χ2v) is 5.43. The molecule has 1 aliphatic rings. The first-order valence-corrected chi connectivity index (χ1v) is 6.97. The van der Waals surface area contributed by atoms with Crippen LogP contribution in [0.25, 0.3) is 0 Å². The van der Waals surface area contributed by atoms with Crippen LogP contribution in [-0.4, -0.2) is 13.1 Å². The molecule has 2 nitrogen and oxygen atoms in total. The van der Waals surface area contributed by atoms with Crippen LogP contribution in [-0.2, 0) is 0 Å². The molecule has 3 N–H and O–H groups in total. The predicted octanol–water partition coefficient (Wildman–Crippen LogP) is 3.26. The van der Waals surface area contributed by atoms with Gasteiger partial charge in [0.15, 0.2) is 0 Å². The van der Waals surface area contributed by atoms with Crippen molar-refractivity contribution in [1.82, 2.24) is 5.32 Å². The van der Waals surface area contributed by atoms with Crippen molar-refractivity contribution >= 4 is 11.6 Å². The first-order valence-electron chi connectivity index (χ1n) is 6.59. The van der Waals surface area contributed by atoms with Crippen molar-refractivity contribution in [2.45, 2.75) is 31.7 Å². The molecule has 0 aromatic heterocycles. The van der Waals surface area contributed by atoms with Gasteiger partial charge >= 0.3 is 0 Å². The van der Waals surface area contributed by atoms with E-state index >= 15 is 0 Å². The summed E-state index contributed by atoms with van der Waals surface area (Å²) in [5, 5.41) is 3.86. The Bertz CT molecular complexity index is 393. The standard InChI is InChI=1S/C14H20ClFN2/c15-11-5-6-13(16)12(8-11)14(9-17)18-7-1-2-10-3-4-10/h5-6,8,10,14,18H,1-4,7,9,17H2. The van der Waals surface area contributed by atoms with Gasteiger partial charge < -0.3 is 11.1 Å². The lowest BCUT2D eigenvalue weighted by molar-refractivity contribution is 0.488. The molecular formula is C14H20ClFN2. The summed E-state index contributed by atoms with van der Waals surface area (Å²) in [7, 11) is 0. The smallest absolute Gasteiger partial charge is 0.128 e. The van der Waals surface area contributed by atoms with Gasteiger partial charge in [0.25, 0.3) is 0 Å². The number of nitrogens with one attached hydrogen (secondary N) is 1. The highest BCUT2D eigenvalue weighted by Gasteiger charge is 2.20. The molecule has 1 aromatic rings. The topological polar surface area (TPSA) is 38.0 Å². The molecule has 2 rings (SSSR count). The summed E-state index contributed by atoms with van der Waals surface area (Å²) >= 11 is 5.89. The maximum atomic E-state index is 13.7. The van der Waals surface area contributed by atoms with E-state index in [1.165, 1.54) is 25.3 Å². The van der Waals surface area contributed by atoms with Crippen molar-refractivity contribution in [3.63, 3.8) is 0 Å². The lowest BCUT2D eigenvalue weighted by Gasteiger charge is -2.18. The van der Waals surface area contributed by atoms with E-state index in [1.807, 2.05) is 0 Å². The van der Waals surface area contributed by atoms with Gasteiger partial charge in [0, 0.05) is 23.2 Å². The van der Waals surface area contributed by atoms with Gasteiger partial charge in [-0.2, -0.15) is 0 Å². The molecule has 0 aliphatic heterocycles. The second kappa shape index (κ2) is 6.50. The monoisotopic (exact) mass is 270 g/mol. The molecule has 1 fully saturated rings. The molecular weight excluding hydrogens is 251 g/mol. The minimum absolute atomic E-state index is 0.150. The van der Waals surface area contributed by atoms with Crippen LogP contribution in [0.3, 0.4) is 0 Å². The molecule has 0 amide bonds. The SMILES string of the molecule is NCC(NCCCC1CC1)c1cc(Cl)ccc1F. The Morgan fingerprint density at radius 3 is 2.89 bits per heavy atom. The van der Waals surface area contributed by atoms with E-state index < -0.39 is 0 Å². The molecule has 0 saturated heterocycles. The maximum absolute atomic E-state index is 13.7. The van der Waals surface area contributed by atoms with Crippen molar-refractivity contribution in [3.8, 4) is 0 Å². The van der Waals surface area contributed by atoms with Crippen LogP contribution >= 0.6 is 11.6 Å². The van der Waals surface area contributed by atoms with Crippen molar-refractivity contribution in [2.24, 2.45) is 11.7 Å². The van der Waals surface area contributed by atoms with E-state index in [4.69, 9.17) is 17.3 Å². The fourth-order valence-electron chi connectivity index (χ4n) is 2.18. The van der Waals surface area contributed by atoms with E-state index in [2.05, 4.69) is 5.32 Å². The fraction of sp³-hybridized carbons (Fsp3) is 0.571. The zero-order chi connectivity index (χ0) is 13.0. The van der Waals surface area contributed by atoms with Crippen LogP contribution in [0.1, 0.15) is 37.3 Å². The van der Waals surface area contributed by atoms with Gasteiger partial charge in [0.2, 0.25) is 0 Å². The highest BCUT2D eigenvalue weighted by atomic mass is 35.5. The van der Waals surface area contributed by atoms with Gasteiger partial charge in [0.1, 0.15) is 5.82 Å². The Balaban J connectivity index is 1.87. The first kappa shape index (κ1) is 13.8. The first-order chi connectivity index (χ1) is 8.70. The van der Waals surface area contributed by atoms with E-state index in [9.17, 15) is 4.39 Å². The number of halogens is 2. The van der Waals surface area contributed by atoms with Gasteiger partial charge in [-0.05, 0) is 43.5 Å². The van der Waals surface area contributed by atoms with E-state index in [0.717, 1.165) is 18.9 Å². The molecule has 4 heteroatoms. The number of hydrogen-bond acceptors (Lipinski definition) is 2. The molecule has 100 valence electrons. The Kier molecular flexibility index (Phi) is 4.98. The molecule has 0 bridgehead atoms. The molecule has 0 radical (unpaired) electrons. The van der Waals surface area contributed by atoms with E-state index in [0.29, 0.717) is 17.1 Å². The summed E-state index contributed by atoms with van der Waals surface area (Å²) in [5.41, 5.74) is 6.27. The van der Waals surface area contributed by atoms with Crippen molar-refractivity contribution in [2.75, 3.05) is 13.1 Å². The van der Waals surface area contributed by atoms with E-state index in [1.54, 1.807) is 12.1 Å². The third-order valence-electron chi connectivity index (χ3n) is 3.45. The summed E-state index contributed by atoms with van der Waals surface area (Å²) < 4.78 is 13.7. The van der Waals surface area contributed by atoms with E-state index in [-0.39, 0.29) is 11.9 Å². The van der Waals surface area contributed by atoms with Crippen molar-refractivity contribution in [3.05, 3.63) is 34.6 Å². The highest BCUT2D eigenvalue weighted by molar-refractivity contribution is 6.30. The van der Waals surface area contributed by atoms with Gasteiger partial charge in [-0.3, -0.25) is 0 Å². The maximum Gasteiger partial charge on any atom is 0.128 e. The second-order valence-electron chi connectivity index (χ2n) is 4.99. The number of benzene rings is 1. The molecule has 1 unspecified atom stereocenters. The average Bonchev–Trinajstić information content (AvgIpc) is 3.17. The third kappa shape index (κ3) is 3.94. The number of hydrogen-bond donors (Lipinski definition) is 2. The Hall–Kier alpha value is -0.640. The Morgan fingerprint density at radius 2 is 2.22 bits per heavy atom. The molecule has 1 atom stereocenters. The van der Waals surface area contributed by atoms with Crippen LogP contribution in [0.15, 0.2) is 18.2 Å². The highest BCUT2D eigenvalue weighted by Crippen LogP contribution is 2.33.